The molecule has 0 saturated carbocycles. The fraction of sp³-hybridized carbons (Fsp3) is 0.769. The first-order valence-corrected chi connectivity index (χ1v) is 7.24. The first-order chi connectivity index (χ1) is 9.01. The largest absolute Gasteiger partial charge is 0.355 e. The topological polar surface area (TPSA) is 89.3 Å². The number of Topliss-reactive ketones (excluding diaryl/α,β-unsaturated/α-hetero) is 2. The number of hydrogen-bond acceptors (Lipinski definition) is 5. The molecule has 0 radical (unpaired) electrons. The minimum absolute atomic E-state index is 0.00858. The zero-order chi connectivity index (χ0) is 14.7. The molecule has 6 heteroatoms. The highest BCUT2D eigenvalue weighted by Gasteiger charge is 2.16. The lowest BCUT2D eigenvalue weighted by Crippen LogP contribution is -2.30. The van der Waals surface area contributed by atoms with Gasteiger partial charge in [-0.1, -0.05) is 6.42 Å². The van der Waals surface area contributed by atoms with Gasteiger partial charge in [0.2, 0.25) is 5.91 Å². The average Bonchev–Trinajstić information content (AvgIpc) is 2.39. The van der Waals surface area contributed by atoms with Crippen molar-refractivity contribution in [2.45, 2.75) is 39.0 Å². The number of amides is 1. The van der Waals surface area contributed by atoms with Crippen molar-refractivity contribution in [1.29, 1.82) is 0 Å². The number of hydrogen-bond donors (Lipinski definition) is 3. The molecule has 0 aromatic rings. The maximum Gasteiger partial charge on any atom is 0.233 e. The van der Waals surface area contributed by atoms with Gasteiger partial charge in [-0.2, -0.15) is 12.6 Å². The zero-order valence-corrected chi connectivity index (χ0v) is 12.4. The smallest absolute Gasteiger partial charge is 0.233 e. The van der Waals surface area contributed by atoms with Gasteiger partial charge in [-0.15, -0.1) is 0 Å². The van der Waals surface area contributed by atoms with Crippen molar-refractivity contribution >= 4 is 30.1 Å². The molecule has 0 aromatic heterocycles. The Labute approximate surface area is 120 Å². The van der Waals surface area contributed by atoms with Crippen molar-refractivity contribution in [3.63, 3.8) is 0 Å². The molecular formula is C13H24N2O3S. The summed E-state index contributed by atoms with van der Waals surface area (Å²) in [6, 6.07) is 0. The van der Waals surface area contributed by atoms with Crippen molar-refractivity contribution in [3.05, 3.63) is 0 Å². The van der Waals surface area contributed by atoms with E-state index in [1.807, 2.05) is 0 Å². The first kappa shape index (κ1) is 18.1. The maximum atomic E-state index is 11.6. The van der Waals surface area contributed by atoms with Crippen LogP contribution in [-0.2, 0) is 14.4 Å². The second-order valence-corrected chi connectivity index (χ2v) is 4.96. The van der Waals surface area contributed by atoms with Crippen molar-refractivity contribution in [2.24, 2.45) is 11.7 Å². The monoisotopic (exact) mass is 288 g/mol. The van der Waals surface area contributed by atoms with Gasteiger partial charge in [0.05, 0.1) is 6.54 Å². The van der Waals surface area contributed by atoms with E-state index in [1.165, 1.54) is 6.92 Å². The van der Waals surface area contributed by atoms with Gasteiger partial charge in [-0.3, -0.25) is 14.4 Å². The summed E-state index contributed by atoms with van der Waals surface area (Å²) in [6.45, 7) is 2.10. The lowest BCUT2D eigenvalue weighted by molar-refractivity contribution is -0.126. The highest BCUT2D eigenvalue weighted by atomic mass is 32.1. The number of ketones is 2. The Morgan fingerprint density at radius 3 is 2.42 bits per heavy atom. The van der Waals surface area contributed by atoms with Crippen LogP contribution in [0.5, 0.6) is 0 Å². The van der Waals surface area contributed by atoms with Crippen LogP contribution >= 0.6 is 12.6 Å². The van der Waals surface area contributed by atoms with Crippen LogP contribution in [-0.4, -0.2) is 36.3 Å². The predicted molar refractivity (Wildman–Crippen MR) is 78.2 cm³/mol. The van der Waals surface area contributed by atoms with Crippen LogP contribution in [0.4, 0.5) is 0 Å². The third kappa shape index (κ3) is 9.67. The summed E-state index contributed by atoms with van der Waals surface area (Å²) in [7, 11) is 0. The zero-order valence-electron chi connectivity index (χ0n) is 11.5. The van der Waals surface area contributed by atoms with Crippen LogP contribution in [0.15, 0.2) is 0 Å². The van der Waals surface area contributed by atoms with E-state index in [0.717, 1.165) is 19.3 Å². The Kier molecular flexibility index (Phi) is 10.5. The number of carbonyl (C=O) groups excluding carboxylic acids is 3. The molecule has 110 valence electrons. The summed E-state index contributed by atoms with van der Waals surface area (Å²) < 4.78 is 0. The molecule has 0 aliphatic heterocycles. The van der Waals surface area contributed by atoms with Gasteiger partial charge in [0.25, 0.3) is 0 Å². The van der Waals surface area contributed by atoms with E-state index in [4.69, 9.17) is 5.73 Å². The van der Waals surface area contributed by atoms with Crippen LogP contribution in [0.1, 0.15) is 39.0 Å². The third-order valence-electron chi connectivity index (χ3n) is 2.91. The SMILES string of the molecule is CC(=O)C(CS)CC(=O)CCCCCNC(=O)CN. The molecule has 5 nitrogen and oxygen atoms in total. The number of unbranched alkanes of at least 4 members (excludes halogenated alkanes) is 2. The van der Waals surface area contributed by atoms with Crippen molar-refractivity contribution < 1.29 is 14.4 Å². The van der Waals surface area contributed by atoms with Gasteiger partial charge in [0.1, 0.15) is 11.6 Å². The Morgan fingerprint density at radius 2 is 1.89 bits per heavy atom. The normalized spacial score (nSPS) is 11.9. The molecule has 0 saturated heterocycles. The summed E-state index contributed by atoms with van der Waals surface area (Å²) >= 11 is 4.07. The van der Waals surface area contributed by atoms with Gasteiger partial charge in [-0.25, -0.2) is 0 Å². The minimum atomic E-state index is -0.250. The highest BCUT2D eigenvalue weighted by Crippen LogP contribution is 2.11. The number of rotatable bonds is 11. The molecule has 0 heterocycles. The molecule has 0 fully saturated rings. The number of carbonyl (C=O) groups is 3. The predicted octanol–water partition coefficient (Wildman–Crippen LogP) is 0.716. The highest BCUT2D eigenvalue weighted by molar-refractivity contribution is 7.80. The van der Waals surface area contributed by atoms with E-state index < -0.39 is 0 Å². The van der Waals surface area contributed by atoms with Crippen molar-refractivity contribution in [1.82, 2.24) is 5.32 Å². The molecule has 1 amide bonds. The van der Waals surface area contributed by atoms with Gasteiger partial charge in [0.15, 0.2) is 0 Å². The maximum absolute atomic E-state index is 11.6. The standard InChI is InChI=1S/C13H24N2O3S/c1-10(16)11(9-19)7-12(17)5-3-2-4-6-15-13(18)8-14/h11,19H,2-9,14H2,1H3,(H,15,18). The second-order valence-electron chi connectivity index (χ2n) is 4.60. The van der Waals surface area contributed by atoms with Crippen molar-refractivity contribution in [3.8, 4) is 0 Å². The van der Waals surface area contributed by atoms with Gasteiger partial charge in [-0.05, 0) is 19.8 Å². The molecule has 1 atom stereocenters. The Balaban J connectivity index is 3.58. The van der Waals surface area contributed by atoms with Crippen LogP contribution < -0.4 is 11.1 Å². The molecule has 0 aromatic carbocycles. The van der Waals surface area contributed by atoms with E-state index in [-0.39, 0.29) is 29.9 Å². The summed E-state index contributed by atoms with van der Waals surface area (Å²) in [6.07, 6.45) is 3.28. The van der Waals surface area contributed by atoms with Gasteiger partial charge < -0.3 is 11.1 Å². The summed E-state index contributed by atoms with van der Waals surface area (Å²) in [5.41, 5.74) is 5.15. The Bertz CT molecular complexity index is 308. The molecule has 0 rings (SSSR count). The third-order valence-corrected chi connectivity index (χ3v) is 3.35. The van der Waals surface area contributed by atoms with E-state index in [9.17, 15) is 14.4 Å². The lowest BCUT2D eigenvalue weighted by atomic mass is 9.98. The molecular weight excluding hydrogens is 264 g/mol. The summed E-state index contributed by atoms with van der Waals surface area (Å²) in [5, 5.41) is 2.67. The average molecular weight is 288 g/mol. The summed E-state index contributed by atoms with van der Waals surface area (Å²) in [4.78, 5) is 33.6. The van der Waals surface area contributed by atoms with E-state index in [0.29, 0.717) is 25.1 Å². The fourth-order valence-electron chi connectivity index (χ4n) is 1.64. The molecule has 0 spiro atoms. The van der Waals surface area contributed by atoms with Gasteiger partial charge >= 0.3 is 0 Å². The lowest BCUT2D eigenvalue weighted by Gasteiger charge is -2.09. The van der Waals surface area contributed by atoms with Crippen LogP contribution in [0.25, 0.3) is 0 Å². The fourth-order valence-corrected chi connectivity index (χ4v) is 2.02. The van der Waals surface area contributed by atoms with E-state index in [1.54, 1.807) is 0 Å². The molecule has 0 aliphatic rings. The molecule has 1 unspecified atom stereocenters. The quantitative estimate of drug-likeness (QED) is 0.386. The molecule has 19 heavy (non-hydrogen) atoms. The number of thiol groups is 1. The second kappa shape index (κ2) is 11.0. The Hall–Kier alpha value is -0.880. The molecule has 0 bridgehead atoms. The van der Waals surface area contributed by atoms with Gasteiger partial charge in [0, 0.05) is 31.1 Å². The minimum Gasteiger partial charge on any atom is -0.355 e. The van der Waals surface area contributed by atoms with Crippen LogP contribution in [0.2, 0.25) is 0 Å². The Morgan fingerprint density at radius 1 is 1.21 bits per heavy atom. The van der Waals surface area contributed by atoms with Crippen LogP contribution in [0, 0.1) is 5.92 Å². The van der Waals surface area contributed by atoms with Crippen molar-refractivity contribution in [2.75, 3.05) is 18.8 Å². The summed E-state index contributed by atoms with van der Waals surface area (Å²) in [5.74, 6) is 0.147. The van der Waals surface area contributed by atoms with E-state index in [2.05, 4.69) is 17.9 Å². The first-order valence-electron chi connectivity index (χ1n) is 6.61. The molecule has 0 aliphatic carbocycles. The molecule has 3 N–H and O–H groups in total. The van der Waals surface area contributed by atoms with E-state index >= 15 is 0 Å². The van der Waals surface area contributed by atoms with Crippen LogP contribution in [0.3, 0.4) is 0 Å². The number of nitrogens with two attached hydrogens (primary N) is 1. The number of nitrogens with one attached hydrogen (secondary N) is 1.